The van der Waals surface area contributed by atoms with Crippen LogP contribution in [0.15, 0.2) is 22.7 Å². The molecule has 1 aliphatic carbocycles. The van der Waals surface area contributed by atoms with Gasteiger partial charge in [0, 0.05) is 6.04 Å². The quantitative estimate of drug-likeness (QED) is 0.776. The van der Waals surface area contributed by atoms with E-state index in [1.807, 2.05) is 12.1 Å². The molecule has 0 spiro atoms. The van der Waals surface area contributed by atoms with Crippen molar-refractivity contribution in [2.45, 2.75) is 39.2 Å². The monoisotopic (exact) mass is 315 g/mol. The molecule has 2 rings (SSSR count). The van der Waals surface area contributed by atoms with Gasteiger partial charge >= 0.3 is 0 Å². The zero-order valence-corrected chi connectivity index (χ0v) is 12.7. The third kappa shape index (κ3) is 2.97. The first-order chi connectivity index (χ1) is 8.09. The fourth-order valence-corrected chi connectivity index (χ4v) is 3.15. The lowest BCUT2D eigenvalue weighted by Gasteiger charge is -2.35. The van der Waals surface area contributed by atoms with Crippen molar-refractivity contribution in [3.8, 4) is 0 Å². The van der Waals surface area contributed by atoms with Gasteiger partial charge in [0.25, 0.3) is 0 Å². The summed E-state index contributed by atoms with van der Waals surface area (Å²) in [4.78, 5) is 0. The van der Waals surface area contributed by atoms with Crippen LogP contribution in [0.1, 0.15) is 33.1 Å². The van der Waals surface area contributed by atoms with Crippen molar-refractivity contribution < 1.29 is 0 Å². The van der Waals surface area contributed by atoms with Gasteiger partial charge in [-0.3, -0.25) is 0 Å². The molecule has 94 valence electrons. The van der Waals surface area contributed by atoms with E-state index in [9.17, 15) is 0 Å². The maximum atomic E-state index is 6.11. The fourth-order valence-electron chi connectivity index (χ4n) is 2.60. The Balaban J connectivity index is 2.12. The van der Waals surface area contributed by atoms with Crippen molar-refractivity contribution in [3.63, 3.8) is 0 Å². The van der Waals surface area contributed by atoms with E-state index in [0.717, 1.165) is 27.0 Å². The van der Waals surface area contributed by atoms with Crippen LogP contribution in [0.5, 0.6) is 0 Å². The van der Waals surface area contributed by atoms with Gasteiger partial charge in [0.2, 0.25) is 0 Å². The van der Waals surface area contributed by atoms with Crippen LogP contribution in [0.25, 0.3) is 0 Å². The summed E-state index contributed by atoms with van der Waals surface area (Å²) in [5, 5.41) is 4.41. The zero-order chi connectivity index (χ0) is 12.4. The van der Waals surface area contributed by atoms with Crippen LogP contribution in [0.3, 0.4) is 0 Å². The molecule has 1 aromatic carbocycles. The SMILES string of the molecule is CC1CCCC(Nc2cccc(Cl)c2Br)C1C. The minimum Gasteiger partial charge on any atom is -0.381 e. The highest BCUT2D eigenvalue weighted by Crippen LogP contribution is 2.35. The van der Waals surface area contributed by atoms with Gasteiger partial charge in [0.1, 0.15) is 0 Å². The Morgan fingerprint density at radius 3 is 2.82 bits per heavy atom. The van der Waals surface area contributed by atoms with E-state index < -0.39 is 0 Å². The molecule has 0 heterocycles. The van der Waals surface area contributed by atoms with Crippen molar-refractivity contribution in [2.75, 3.05) is 5.32 Å². The summed E-state index contributed by atoms with van der Waals surface area (Å²) < 4.78 is 0.979. The van der Waals surface area contributed by atoms with Crippen LogP contribution in [-0.2, 0) is 0 Å². The van der Waals surface area contributed by atoms with Crippen molar-refractivity contribution >= 4 is 33.2 Å². The Morgan fingerprint density at radius 1 is 1.29 bits per heavy atom. The van der Waals surface area contributed by atoms with Gasteiger partial charge < -0.3 is 5.32 Å². The molecule has 0 aliphatic heterocycles. The van der Waals surface area contributed by atoms with E-state index in [1.54, 1.807) is 0 Å². The first-order valence-corrected chi connectivity index (χ1v) is 7.47. The van der Waals surface area contributed by atoms with Crippen molar-refractivity contribution in [1.29, 1.82) is 0 Å². The molecule has 3 atom stereocenters. The molecule has 1 aromatic rings. The number of halogens is 2. The molecule has 0 saturated heterocycles. The second kappa shape index (κ2) is 5.62. The van der Waals surface area contributed by atoms with Crippen molar-refractivity contribution in [3.05, 3.63) is 27.7 Å². The predicted molar refractivity (Wildman–Crippen MR) is 78.7 cm³/mol. The molecule has 1 aliphatic rings. The summed E-state index contributed by atoms with van der Waals surface area (Å²) in [5.41, 5.74) is 1.11. The highest BCUT2D eigenvalue weighted by molar-refractivity contribution is 9.10. The number of benzene rings is 1. The Labute approximate surface area is 117 Å². The Kier molecular flexibility index (Phi) is 4.37. The highest BCUT2D eigenvalue weighted by atomic mass is 79.9. The lowest BCUT2D eigenvalue weighted by molar-refractivity contribution is 0.253. The molecular formula is C14H19BrClN. The Bertz CT molecular complexity index is 394. The number of hydrogen-bond donors (Lipinski definition) is 1. The van der Waals surface area contributed by atoms with Crippen LogP contribution in [-0.4, -0.2) is 6.04 Å². The lowest BCUT2D eigenvalue weighted by atomic mass is 9.78. The Morgan fingerprint density at radius 2 is 2.06 bits per heavy atom. The van der Waals surface area contributed by atoms with E-state index in [2.05, 4.69) is 41.2 Å². The summed E-state index contributed by atoms with van der Waals surface area (Å²) in [7, 11) is 0. The third-order valence-corrected chi connectivity index (χ3v) is 5.40. The fraction of sp³-hybridized carbons (Fsp3) is 0.571. The van der Waals surface area contributed by atoms with E-state index in [0.29, 0.717) is 6.04 Å². The maximum absolute atomic E-state index is 6.11. The minimum atomic E-state index is 0.563. The van der Waals surface area contributed by atoms with Gasteiger partial charge in [-0.05, 0) is 46.3 Å². The van der Waals surface area contributed by atoms with Gasteiger partial charge in [-0.15, -0.1) is 0 Å². The summed E-state index contributed by atoms with van der Waals surface area (Å²) in [5.74, 6) is 1.52. The molecule has 1 N–H and O–H groups in total. The lowest BCUT2D eigenvalue weighted by Crippen LogP contribution is -2.35. The van der Waals surface area contributed by atoms with Crippen LogP contribution < -0.4 is 5.32 Å². The second-order valence-corrected chi connectivity index (χ2v) is 6.32. The van der Waals surface area contributed by atoms with Gasteiger partial charge in [-0.25, -0.2) is 0 Å². The molecule has 0 amide bonds. The van der Waals surface area contributed by atoms with Crippen LogP contribution in [0, 0.1) is 11.8 Å². The molecule has 17 heavy (non-hydrogen) atoms. The summed E-state index contributed by atoms with van der Waals surface area (Å²) in [6.45, 7) is 4.70. The number of hydrogen-bond acceptors (Lipinski definition) is 1. The standard InChI is InChI=1S/C14H19BrClN/c1-9-5-3-7-12(10(9)2)17-13-8-4-6-11(16)14(13)15/h4,6,8-10,12,17H,3,5,7H2,1-2H3. The third-order valence-electron chi connectivity index (χ3n) is 4.00. The molecular weight excluding hydrogens is 298 g/mol. The van der Waals surface area contributed by atoms with E-state index >= 15 is 0 Å². The normalized spacial score (nSPS) is 29.1. The molecule has 3 unspecified atom stereocenters. The van der Waals surface area contributed by atoms with E-state index in [-0.39, 0.29) is 0 Å². The topological polar surface area (TPSA) is 12.0 Å². The average molecular weight is 317 g/mol. The first kappa shape index (κ1) is 13.2. The van der Waals surface area contributed by atoms with Gasteiger partial charge in [0.15, 0.2) is 0 Å². The largest absolute Gasteiger partial charge is 0.381 e. The smallest absolute Gasteiger partial charge is 0.0593 e. The van der Waals surface area contributed by atoms with Crippen molar-refractivity contribution in [2.24, 2.45) is 11.8 Å². The summed E-state index contributed by atoms with van der Waals surface area (Å²) >= 11 is 9.66. The molecule has 0 radical (unpaired) electrons. The molecule has 1 saturated carbocycles. The molecule has 0 aromatic heterocycles. The number of anilines is 1. The van der Waals surface area contributed by atoms with Crippen LogP contribution >= 0.6 is 27.5 Å². The molecule has 1 fully saturated rings. The first-order valence-electron chi connectivity index (χ1n) is 6.30. The molecule has 1 nitrogen and oxygen atoms in total. The van der Waals surface area contributed by atoms with Crippen LogP contribution in [0.4, 0.5) is 5.69 Å². The van der Waals surface area contributed by atoms with Gasteiger partial charge in [-0.2, -0.15) is 0 Å². The van der Waals surface area contributed by atoms with Gasteiger partial charge in [0.05, 0.1) is 15.2 Å². The second-order valence-electron chi connectivity index (χ2n) is 5.12. The molecule has 0 bridgehead atoms. The van der Waals surface area contributed by atoms with Crippen LogP contribution in [0.2, 0.25) is 5.02 Å². The molecule has 3 heteroatoms. The summed E-state index contributed by atoms with van der Waals surface area (Å²) in [6, 6.07) is 6.55. The number of nitrogens with one attached hydrogen (secondary N) is 1. The minimum absolute atomic E-state index is 0.563. The van der Waals surface area contributed by atoms with E-state index in [1.165, 1.54) is 19.3 Å². The highest BCUT2D eigenvalue weighted by Gasteiger charge is 2.27. The predicted octanol–water partition coefficient (Wildman–Crippen LogP) is 5.34. The zero-order valence-electron chi connectivity index (χ0n) is 10.3. The van der Waals surface area contributed by atoms with Gasteiger partial charge in [-0.1, -0.05) is 44.4 Å². The number of rotatable bonds is 2. The van der Waals surface area contributed by atoms with E-state index in [4.69, 9.17) is 11.6 Å². The Hall–Kier alpha value is -0.210. The average Bonchev–Trinajstić information content (AvgIpc) is 2.31. The summed E-state index contributed by atoms with van der Waals surface area (Å²) in [6.07, 6.45) is 3.93. The maximum Gasteiger partial charge on any atom is 0.0593 e. The van der Waals surface area contributed by atoms with Crippen molar-refractivity contribution in [1.82, 2.24) is 0 Å².